The van der Waals surface area contributed by atoms with E-state index in [-0.39, 0.29) is 64.7 Å². The van der Waals surface area contributed by atoms with Gasteiger partial charge in [-0.15, -0.1) is 0 Å². The number of carboxylic acid groups (broad SMARTS) is 1. The van der Waals surface area contributed by atoms with Gasteiger partial charge >= 0.3 is 59.1 Å². The van der Waals surface area contributed by atoms with Crippen LogP contribution in [0, 0.1) is 0 Å². The molecule has 0 aromatic heterocycles. The van der Waals surface area contributed by atoms with Crippen LogP contribution in [0.25, 0.3) is 0 Å². The van der Waals surface area contributed by atoms with Gasteiger partial charge in [0.25, 0.3) is 0 Å². The van der Waals surface area contributed by atoms with Crippen molar-refractivity contribution in [3.05, 3.63) is 49.0 Å². The van der Waals surface area contributed by atoms with Crippen molar-refractivity contribution in [2.24, 2.45) is 0 Å². The maximum Gasteiger partial charge on any atom is 1.00 e. The zero-order valence-electron chi connectivity index (χ0n) is 16.4. The minimum Gasteiger partial charge on any atom is -0.748 e. The number of carbonyl (C=O) groups is 2. The second-order valence-corrected chi connectivity index (χ2v) is 6.68. The first kappa shape index (κ1) is 41.7. The van der Waals surface area contributed by atoms with Gasteiger partial charge in [-0.1, -0.05) is 49.5 Å². The second-order valence-electron chi connectivity index (χ2n) is 4.66. The normalized spacial score (nSPS) is 8.52. The first-order valence-corrected chi connectivity index (χ1v) is 8.76. The summed E-state index contributed by atoms with van der Waals surface area (Å²) in [4.78, 5) is 20.3. The Labute approximate surface area is 216 Å². The molecule has 12 heteroatoms. The summed E-state index contributed by atoms with van der Waals surface area (Å²) in [6.45, 7) is 16.8. The van der Waals surface area contributed by atoms with E-state index in [4.69, 9.17) is 23.2 Å². The Morgan fingerprint density at radius 2 is 1.37 bits per heavy atom. The molecule has 0 spiro atoms. The van der Waals surface area contributed by atoms with E-state index in [2.05, 4.69) is 31.6 Å². The van der Waals surface area contributed by atoms with Crippen molar-refractivity contribution >= 4 is 45.2 Å². The molecular weight excluding hydrogens is 439 g/mol. The van der Waals surface area contributed by atoms with Gasteiger partial charge in [0.2, 0.25) is 5.91 Å². The summed E-state index contributed by atoms with van der Waals surface area (Å²) >= 11 is 9.52. The Morgan fingerprint density at radius 3 is 1.52 bits per heavy atom. The number of halogens is 2. The van der Waals surface area contributed by atoms with E-state index in [1.54, 1.807) is 0 Å². The van der Waals surface area contributed by atoms with Crippen molar-refractivity contribution < 1.29 is 86.8 Å². The molecule has 0 rings (SSSR count). The fraction of sp³-hybridized carbons (Fsp3) is 0.333. The van der Waals surface area contributed by atoms with Gasteiger partial charge in [-0.05, 0) is 43.5 Å². The number of amides is 1. The summed E-state index contributed by atoms with van der Waals surface area (Å²) in [5.41, 5.74) is 1.45. The Hall–Kier alpha value is 0.390. The Kier molecular flexibility index (Phi) is 37.7. The molecule has 0 saturated heterocycles. The fourth-order valence-electron chi connectivity index (χ4n) is 0.863. The number of hydrogen-bond donors (Lipinski definition) is 1. The van der Waals surface area contributed by atoms with Crippen LogP contribution < -0.4 is 69.5 Å². The van der Waals surface area contributed by atoms with E-state index >= 15 is 0 Å². The smallest absolute Gasteiger partial charge is 0.748 e. The predicted octanol–water partition coefficient (Wildman–Crippen LogP) is -4.33. The SMILES string of the molecule is C=C(C)C(=O)[O-].C=CC(=O)NC(C)(C)CS(=O)(=O)[O-].C=CCl.C=CCl.[Na+].[Na+]. The van der Waals surface area contributed by atoms with Crippen molar-refractivity contribution in [2.45, 2.75) is 26.3 Å². The van der Waals surface area contributed by atoms with Gasteiger partial charge in [0.1, 0.15) is 0 Å². The van der Waals surface area contributed by atoms with Crippen molar-refractivity contribution in [3.8, 4) is 0 Å². The molecule has 1 amide bonds. The van der Waals surface area contributed by atoms with Crippen molar-refractivity contribution in [3.63, 3.8) is 0 Å². The summed E-state index contributed by atoms with van der Waals surface area (Å²) in [7, 11) is -4.33. The van der Waals surface area contributed by atoms with Gasteiger partial charge in [-0.3, -0.25) is 4.79 Å². The number of nitrogens with one attached hydrogen (secondary N) is 1. The Bertz CT molecular complexity index is 549. The van der Waals surface area contributed by atoms with Gasteiger partial charge in [0, 0.05) is 5.54 Å². The van der Waals surface area contributed by atoms with Gasteiger partial charge in [-0.2, -0.15) is 0 Å². The van der Waals surface area contributed by atoms with E-state index < -0.39 is 33.3 Å². The second kappa shape index (κ2) is 24.4. The number of aliphatic carboxylic acids is 1. The minimum absolute atomic E-state index is 0. The quantitative estimate of drug-likeness (QED) is 0.250. The third-order valence-electron chi connectivity index (χ3n) is 1.53. The van der Waals surface area contributed by atoms with E-state index in [1.165, 1.54) is 31.8 Å². The molecule has 1 N–H and O–H groups in total. The van der Waals surface area contributed by atoms with Gasteiger partial charge < -0.3 is 19.8 Å². The summed E-state index contributed by atoms with van der Waals surface area (Å²) in [5, 5.41) is 11.8. The van der Waals surface area contributed by atoms with Crippen LogP contribution in [0.4, 0.5) is 0 Å². The summed E-state index contributed by atoms with van der Waals surface area (Å²) < 4.78 is 31.2. The molecule has 0 aliphatic carbocycles. The molecule has 0 atom stereocenters. The molecular formula is C15H23Cl2NNa2O6S. The third-order valence-corrected chi connectivity index (χ3v) is 2.61. The van der Waals surface area contributed by atoms with Crippen LogP contribution in [0.15, 0.2) is 49.0 Å². The van der Waals surface area contributed by atoms with Crippen LogP contribution in [-0.2, 0) is 19.7 Å². The number of hydrogen-bond acceptors (Lipinski definition) is 6. The largest absolute Gasteiger partial charge is 1.00 e. The van der Waals surface area contributed by atoms with Crippen LogP contribution >= 0.6 is 23.2 Å². The molecule has 0 fully saturated rings. The van der Waals surface area contributed by atoms with Crippen molar-refractivity contribution in [1.82, 2.24) is 5.32 Å². The molecule has 0 aromatic carbocycles. The zero-order valence-corrected chi connectivity index (χ0v) is 22.7. The Morgan fingerprint density at radius 1 is 1.11 bits per heavy atom. The van der Waals surface area contributed by atoms with E-state index in [9.17, 15) is 27.7 Å². The predicted molar refractivity (Wildman–Crippen MR) is 98.9 cm³/mol. The number of rotatable bonds is 5. The molecule has 7 nitrogen and oxygen atoms in total. The van der Waals surface area contributed by atoms with Gasteiger partial charge in [-0.25, -0.2) is 8.42 Å². The molecule has 0 saturated carbocycles. The standard InChI is InChI=1S/C7H13NO4S.C4H6O2.2C2H3Cl.2Na/c1-4-6(9)8-7(2,3)5-13(10,11)12;1-3(2)4(5)6;2*1-2-3;;/h4H,1,5H2,2-3H3,(H,8,9)(H,10,11,12);1H2,2H3,(H,5,6);2*2H,1H2;;/q;;;;2*+1/p-2. The van der Waals surface area contributed by atoms with Gasteiger partial charge in [0.05, 0.1) is 21.8 Å². The maximum atomic E-state index is 10.8. The summed E-state index contributed by atoms with van der Waals surface area (Å²) in [6.07, 6.45) is 1.01. The van der Waals surface area contributed by atoms with Crippen molar-refractivity contribution in [2.75, 3.05) is 5.75 Å². The topological polar surface area (TPSA) is 126 Å². The average molecular weight is 462 g/mol. The maximum absolute atomic E-state index is 10.8. The van der Waals surface area contributed by atoms with Crippen molar-refractivity contribution in [1.29, 1.82) is 0 Å². The van der Waals surface area contributed by atoms with E-state index in [0.29, 0.717) is 0 Å². The summed E-state index contributed by atoms with van der Waals surface area (Å²) in [6, 6.07) is 0. The molecule has 0 bridgehead atoms. The van der Waals surface area contributed by atoms with Crippen LogP contribution in [-0.4, -0.2) is 36.1 Å². The molecule has 0 aliphatic rings. The Balaban J connectivity index is -0.0000000662. The van der Waals surface area contributed by atoms with Crippen LogP contribution in [0.1, 0.15) is 20.8 Å². The average Bonchev–Trinajstić information content (AvgIpc) is 2.37. The van der Waals surface area contributed by atoms with Gasteiger partial charge in [0.15, 0.2) is 0 Å². The molecule has 0 radical (unpaired) electrons. The minimum atomic E-state index is -4.33. The molecule has 27 heavy (non-hydrogen) atoms. The molecule has 0 aromatic rings. The fourth-order valence-corrected chi connectivity index (χ4v) is 1.82. The van der Waals surface area contributed by atoms with E-state index in [1.807, 2.05) is 0 Å². The van der Waals surface area contributed by atoms with Crippen LogP contribution in [0.2, 0.25) is 0 Å². The number of carboxylic acids is 1. The third kappa shape index (κ3) is 51.9. The number of carbonyl (C=O) groups excluding carboxylic acids is 2. The van der Waals surface area contributed by atoms with Crippen LogP contribution in [0.3, 0.4) is 0 Å². The monoisotopic (exact) mass is 461 g/mol. The molecule has 146 valence electrons. The molecule has 0 aliphatic heterocycles. The molecule has 0 heterocycles. The first-order valence-electron chi connectivity index (χ1n) is 6.31. The van der Waals surface area contributed by atoms with Crippen LogP contribution in [0.5, 0.6) is 0 Å². The zero-order chi connectivity index (χ0) is 21.3. The first-order chi connectivity index (χ1) is 11.1. The van der Waals surface area contributed by atoms with E-state index in [0.717, 1.165) is 6.08 Å². The summed E-state index contributed by atoms with van der Waals surface area (Å²) in [5.74, 6) is -2.33. The molecule has 0 unspecified atom stereocenters.